The van der Waals surface area contributed by atoms with Crippen LogP contribution in [0.4, 0.5) is 5.82 Å². The predicted molar refractivity (Wildman–Crippen MR) is 81.6 cm³/mol. The smallest absolute Gasteiger partial charge is 0.128 e. The highest BCUT2D eigenvalue weighted by Crippen LogP contribution is 2.30. The van der Waals surface area contributed by atoms with Crippen LogP contribution in [0, 0.1) is 12.8 Å². The lowest BCUT2D eigenvalue weighted by molar-refractivity contribution is 0.423. The summed E-state index contributed by atoms with van der Waals surface area (Å²) in [6.07, 6.45) is 2.77. The second-order valence-electron chi connectivity index (χ2n) is 6.84. The van der Waals surface area contributed by atoms with E-state index in [4.69, 9.17) is 4.98 Å². The maximum atomic E-state index is 4.74. The first-order valence-corrected chi connectivity index (χ1v) is 7.28. The molecule has 0 aromatic carbocycles. The van der Waals surface area contributed by atoms with Gasteiger partial charge in [0.2, 0.25) is 0 Å². The van der Waals surface area contributed by atoms with Crippen LogP contribution in [0.5, 0.6) is 0 Å². The molecule has 1 aliphatic rings. The average Bonchev–Trinajstić information content (AvgIpc) is 3.10. The van der Waals surface area contributed by atoms with Gasteiger partial charge in [-0.15, -0.1) is 0 Å². The molecule has 0 bridgehead atoms. The van der Waals surface area contributed by atoms with Gasteiger partial charge in [0.15, 0.2) is 0 Å². The second kappa shape index (κ2) is 5.49. The SMILES string of the molecule is Cc1nc(N(C)CC2CC2)ccc1CNC(C)(C)C. The summed E-state index contributed by atoms with van der Waals surface area (Å²) in [6, 6.07) is 4.36. The lowest BCUT2D eigenvalue weighted by atomic mass is 10.1. The van der Waals surface area contributed by atoms with Gasteiger partial charge in [0.1, 0.15) is 5.82 Å². The summed E-state index contributed by atoms with van der Waals surface area (Å²) in [6.45, 7) is 10.7. The van der Waals surface area contributed by atoms with Crippen LogP contribution in [0.25, 0.3) is 0 Å². The zero-order valence-electron chi connectivity index (χ0n) is 13.0. The Morgan fingerprint density at radius 3 is 2.53 bits per heavy atom. The third kappa shape index (κ3) is 4.50. The highest BCUT2D eigenvalue weighted by molar-refractivity contribution is 5.41. The Bertz CT molecular complexity index is 430. The molecule has 1 aromatic rings. The number of hydrogen-bond donors (Lipinski definition) is 1. The van der Waals surface area contributed by atoms with Crippen LogP contribution in [0.15, 0.2) is 12.1 Å². The minimum Gasteiger partial charge on any atom is -0.359 e. The van der Waals surface area contributed by atoms with Crippen LogP contribution < -0.4 is 10.2 Å². The van der Waals surface area contributed by atoms with Gasteiger partial charge in [0.25, 0.3) is 0 Å². The van der Waals surface area contributed by atoms with E-state index in [0.717, 1.165) is 30.5 Å². The van der Waals surface area contributed by atoms with Gasteiger partial charge < -0.3 is 10.2 Å². The number of nitrogens with one attached hydrogen (secondary N) is 1. The molecule has 2 rings (SSSR count). The van der Waals surface area contributed by atoms with Crippen LogP contribution in [0.3, 0.4) is 0 Å². The molecule has 1 aromatic heterocycles. The standard InChI is InChI=1S/C16H27N3/c1-12-14(10-17-16(2,3)4)8-9-15(18-12)19(5)11-13-6-7-13/h8-9,13,17H,6-7,10-11H2,1-5H3. The fourth-order valence-electron chi connectivity index (χ4n) is 2.12. The Balaban J connectivity index is 1.99. The molecule has 106 valence electrons. The fourth-order valence-corrected chi connectivity index (χ4v) is 2.12. The molecular weight excluding hydrogens is 234 g/mol. The minimum absolute atomic E-state index is 0.147. The van der Waals surface area contributed by atoms with Crippen molar-refractivity contribution in [2.45, 2.75) is 52.6 Å². The highest BCUT2D eigenvalue weighted by Gasteiger charge is 2.23. The van der Waals surface area contributed by atoms with Gasteiger partial charge in [-0.2, -0.15) is 0 Å². The zero-order valence-corrected chi connectivity index (χ0v) is 13.0. The molecule has 3 nitrogen and oxygen atoms in total. The maximum Gasteiger partial charge on any atom is 0.128 e. The Morgan fingerprint density at radius 2 is 2.00 bits per heavy atom. The van der Waals surface area contributed by atoms with Crippen LogP contribution in [0.1, 0.15) is 44.9 Å². The number of pyridine rings is 1. The monoisotopic (exact) mass is 261 g/mol. The van der Waals surface area contributed by atoms with E-state index < -0.39 is 0 Å². The second-order valence-corrected chi connectivity index (χ2v) is 6.84. The van der Waals surface area contributed by atoms with E-state index in [2.05, 4.69) is 57.1 Å². The summed E-state index contributed by atoms with van der Waals surface area (Å²) in [7, 11) is 2.15. The fraction of sp³-hybridized carbons (Fsp3) is 0.688. The Kier molecular flexibility index (Phi) is 4.14. The number of rotatable bonds is 5. The van der Waals surface area contributed by atoms with Gasteiger partial charge in [-0.3, -0.25) is 0 Å². The molecule has 0 amide bonds. The molecular formula is C16H27N3. The van der Waals surface area contributed by atoms with Crippen LogP contribution in [-0.2, 0) is 6.54 Å². The molecule has 0 unspecified atom stereocenters. The first-order valence-electron chi connectivity index (χ1n) is 7.28. The van der Waals surface area contributed by atoms with E-state index in [1.54, 1.807) is 0 Å². The van der Waals surface area contributed by atoms with Gasteiger partial charge in [-0.1, -0.05) is 6.07 Å². The van der Waals surface area contributed by atoms with Crippen molar-refractivity contribution in [2.24, 2.45) is 5.92 Å². The largest absolute Gasteiger partial charge is 0.359 e. The average molecular weight is 261 g/mol. The summed E-state index contributed by atoms with van der Waals surface area (Å²) in [5.74, 6) is 2.00. The minimum atomic E-state index is 0.147. The molecule has 1 heterocycles. The van der Waals surface area contributed by atoms with Crippen molar-refractivity contribution in [1.29, 1.82) is 0 Å². The van der Waals surface area contributed by atoms with Gasteiger partial charge in [0, 0.05) is 31.4 Å². The maximum absolute atomic E-state index is 4.74. The third-order valence-corrected chi connectivity index (χ3v) is 3.61. The van der Waals surface area contributed by atoms with Crippen molar-refractivity contribution in [1.82, 2.24) is 10.3 Å². The number of nitrogens with zero attached hydrogens (tertiary/aromatic N) is 2. The van der Waals surface area contributed by atoms with Gasteiger partial charge in [-0.25, -0.2) is 4.98 Å². The zero-order chi connectivity index (χ0) is 14.0. The van der Waals surface area contributed by atoms with Crippen molar-refractivity contribution >= 4 is 5.82 Å². The van der Waals surface area contributed by atoms with E-state index >= 15 is 0 Å². The van der Waals surface area contributed by atoms with Crippen LogP contribution >= 0.6 is 0 Å². The molecule has 0 aliphatic heterocycles. The van der Waals surface area contributed by atoms with E-state index in [0.29, 0.717) is 0 Å². The molecule has 1 saturated carbocycles. The Labute approximate surface area is 117 Å². The Hall–Kier alpha value is -1.09. The molecule has 1 fully saturated rings. The van der Waals surface area contributed by atoms with E-state index in [9.17, 15) is 0 Å². The summed E-state index contributed by atoms with van der Waals surface area (Å²) < 4.78 is 0. The normalized spacial score (nSPS) is 15.6. The van der Waals surface area contributed by atoms with Crippen molar-refractivity contribution < 1.29 is 0 Å². The van der Waals surface area contributed by atoms with Crippen LogP contribution in [0.2, 0.25) is 0 Å². The van der Waals surface area contributed by atoms with E-state index in [1.165, 1.54) is 18.4 Å². The molecule has 1 N–H and O–H groups in total. The number of hydrogen-bond acceptors (Lipinski definition) is 3. The van der Waals surface area contributed by atoms with Crippen molar-refractivity contribution in [3.05, 3.63) is 23.4 Å². The van der Waals surface area contributed by atoms with E-state index in [-0.39, 0.29) is 5.54 Å². The first kappa shape index (κ1) is 14.3. The van der Waals surface area contributed by atoms with Crippen LogP contribution in [-0.4, -0.2) is 24.1 Å². The summed E-state index contributed by atoms with van der Waals surface area (Å²) in [5.41, 5.74) is 2.57. The summed E-state index contributed by atoms with van der Waals surface area (Å²) in [5, 5.41) is 3.52. The summed E-state index contributed by atoms with van der Waals surface area (Å²) in [4.78, 5) is 7.02. The number of anilines is 1. The van der Waals surface area contributed by atoms with Crippen molar-refractivity contribution in [3.63, 3.8) is 0 Å². The molecule has 0 atom stereocenters. The van der Waals surface area contributed by atoms with Crippen molar-refractivity contribution in [2.75, 3.05) is 18.5 Å². The van der Waals surface area contributed by atoms with Gasteiger partial charge >= 0.3 is 0 Å². The molecule has 1 aliphatic carbocycles. The molecule has 19 heavy (non-hydrogen) atoms. The third-order valence-electron chi connectivity index (χ3n) is 3.61. The number of aryl methyl sites for hydroxylation is 1. The molecule has 0 saturated heterocycles. The molecule has 0 radical (unpaired) electrons. The quantitative estimate of drug-likeness (QED) is 0.882. The Morgan fingerprint density at radius 1 is 1.32 bits per heavy atom. The van der Waals surface area contributed by atoms with Gasteiger partial charge in [0.05, 0.1) is 0 Å². The summed E-state index contributed by atoms with van der Waals surface area (Å²) >= 11 is 0. The van der Waals surface area contributed by atoms with Gasteiger partial charge in [-0.05, 0) is 58.1 Å². The van der Waals surface area contributed by atoms with Crippen molar-refractivity contribution in [3.8, 4) is 0 Å². The number of aromatic nitrogens is 1. The molecule has 3 heteroatoms. The lowest BCUT2D eigenvalue weighted by Gasteiger charge is -2.22. The topological polar surface area (TPSA) is 28.2 Å². The first-order chi connectivity index (χ1) is 8.85. The lowest BCUT2D eigenvalue weighted by Crippen LogP contribution is -2.35. The predicted octanol–water partition coefficient (Wildman–Crippen LogP) is 3.12. The van der Waals surface area contributed by atoms with E-state index in [1.807, 2.05) is 0 Å². The molecule has 0 spiro atoms. The highest BCUT2D eigenvalue weighted by atomic mass is 15.2.